The summed E-state index contributed by atoms with van der Waals surface area (Å²) in [6.45, 7) is 7.32. The van der Waals surface area contributed by atoms with E-state index in [1.807, 2.05) is 12.1 Å². The zero-order valence-corrected chi connectivity index (χ0v) is 12.6. The quantitative estimate of drug-likeness (QED) is 0.924. The van der Waals surface area contributed by atoms with E-state index < -0.39 is 6.10 Å². The Hall–Kier alpha value is -0.740. The predicted molar refractivity (Wildman–Crippen MR) is 74.2 cm³/mol. The first-order valence-electron chi connectivity index (χ1n) is 6.23. The molecule has 1 unspecified atom stereocenters. The van der Waals surface area contributed by atoms with Gasteiger partial charge in [0, 0.05) is 4.47 Å². The Morgan fingerprint density at radius 3 is 2.39 bits per heavy atom. The Balaban J connectivity index is 2.39. The van der Waals surface area contributed by atoms with Crippen molar-refractivity contribution in [1.82, 2.24) is 0 Å². The molecule has 1 aromatic carbocycles. The third kappa shape index (κ3) is 2.50. The fourth-order valence-corrected chi connectivity index (χ4v) is 2.44. The van der Waals surface area contributed by atoms with Gasteiger partial charge in [-0.05, 0) is 29.5 Å². The molecular formula is C14H19BrO3. The van der Waals surface area contributed by atoms with Crippen molar-refractivity contribution in [2.24, 2.45) is 5.41 Å². The van der Waals surface area contributed by atoms with E-state index in [0.717, 1.165) is 22.2 Å². The summed E-state index contributed by atoms with van der Waals surface area (Å²) >= 11 is 3.50. The van der Waals surface area contributed by atoms with Crippen molar-refractivity contribution in [3.63, 3.8) is 0 Å². The molecule has 1 atom stereocenters. The van der Waals surface area contributed by atoms with Crippen molar-refractivity contribution < 1.29 is 14.6 Å². The Kier molecular flexibility index (Phi) is 3.87. The van der Waals surface area contributed by atoms with Gasteiger partial charge in [0.2, 0.25) is 0 Å². The Morgan fingerprint density at radius 2 is 1.83 bits per heavy atom. The highest BCUT2D eigenvalue weighted by Gasteiger charge is 2.30. The summed E-state index contributed by atoms with van der Waals surface area (Å²) in [7, 11) is 0. The lowest BCUT2D eigenvalue weighted by Crippen LogP contribution is -2.22. The normalized spacial score (nSPS) is 16.5. The number of rotatable bonds is 3. The number of fused-ring (bicyclic) bond motifs is 1. The molecule has 0 saturated heterocycles. The number of hydrogen-bond acceptors (Lipinski definition) is 3. The number of ether oxygens (including phenoxy) is 2. The van der Waals surface area contributed by atoms with Crippen LogP contribution in [0.2, 0.25) is 0 Å². The molecule has 3 nitrogen and oxygen atoms in total. The second-order valence-corrected chi connectivity index (χ2v) is 6.12. The summed E-state index contributed by atoms with van der Waals surface area (Å²) in [6, 6.07) is 3.75. The summed E-state index contributed by atoms with van der Waals surface area (Å²) in [4.78, 5) is 0. The maximum absolute atomic E-state index is 10.5. The van der Waals surface area contributed by atoms with Gasteiger partial charge in [-0.25, -0.2) is 0 Å². The molecule has 0 spiro atoms. The minimum absolute atomic E-state index is 0.174. The SMILES string of the molecule is CCC(C)(C)C(O)c1cc2c(cc1Br)OCCO2. The van der Waals surface area contributed by atoms with Gasteiger partial charge in [-0.15, -0.1) is 0 Å². The van der Waals surface area contributed by atoms with Gasteiger partial charge in [0.1, 0.15) is 13.2 Å². The van der Waals surface area contributed by atoms with Gasteiger partial charge in [-0.2, -0.15) is 0 Å². The summed E-state index contributed by atoms with van der Waals surface area (Å²) in [5.74, 6) is 1.45. The minimum Gasteiger partial charge on any atom is -0.486 e. The van der Waals surface area contributed by atoms with Gasteiger partial charge in [0.15, 0.2) is 11.5 Å². The topological polar surface area (TPSA) is 38.7 Å². The third-order valence-corrected chi connectivity index (χ3v) is 4.29. The molecule has 0 radical (unpaired) electrons. The summed E-state index contributed by atoms with van der Waals surface area (Å²) < 4.78 is 11.9. The Labute approximate surface area is 116 Å². The van der Waals surface area contributed by atoms with Crippen LogP contribution in [-0.2, 0) is 0 Å². The number of hydrogen-bond donors (Lipinski definition) is 1. The van der Waals surface area contributed by atoms with E-state index in [0.29, 0.717) is 19.0 Å². The molecule has 2 rings (SSSR count). The average molecular weight is 315 g/mol. The van der Waals surface area contributed by atoms with Gasteiger partial charge in [0.25, 0.3) is 0 Å². The van der Waals surface area contributed by atoms with Crippen LogP contribution < -0.4 is 9.47 Å². The van der Waals surface area contributed by atoms with Crippen LogP contribution in [0.3, 0.4) is 0 Å². The first-order valence-corrected chi connectivity index (χ1v) is 7.02. The molecular weight excluding hydrogens is 296 g/mol. The fraction of sp³-hybridized carbons (Fsp3) is 0.571. The van der Waals surface area contributed by atoms with Gasteiger partial charge >= 0.3 is 0 Å². The van der Waals surface area contributed by atoms with Crippen molar-refractivity contribution in [2.75, 3.05) is 13.2 Å². The maximum Gasteiger partial charge on any atom is 0.162 e. The van der Waals surface area contributed by atoms with Crippen LogP contribution in [0.4, 0.5) is 0 Å². The lowest BCUT2D eigenvalue weighted by molar-refractivity contribution is 0.0454. The molecule has 0 aromatic heterocycles. The average Bonchev–Trinajstić information content (AvgIpc) is 2.37. The molecule has 1 heterocycles. The van der Waals surface area contributed by atoms with Crippen molar-refractivity contribution in [2.45, 2.75) is 33.3 Å². The maximum atomic E-state index is 10.5. The first kappa shape index (κ1) is 13.7. The minimum atomic E-state index is -0.535. The molecule has 0 bridgehead atoms. The standard InChI is InChI=1S/C14H19BrO3/c1-4-14(2,3)13(16)9-7-11-12(8-10(9)15)18-6-5-17-11/h7-8,13,16H,4-6H2,1-3H3. The van der Waals surface area contributed by atoms with Crippen LogP contribution in [0.5, 0.6) is 11.5 Å². The molecule has 1 aliphatic rings. The van der Waals surface area contributed by atoms with Crippen molar-refractivity contribution in [1.29, 1.82) is 0 Å². The highest BCUT2D eigenvalue weighted by Crippen LogP contribution is 2.43. The van der Waals surface area contributed by atoms with E-state index in [2.05, 4.69) is 36.7 Å². The van der Waals surface area contributed by atoms with Gasteiger partial charge in [-0.3, -0.25) is 0 Å². The second kappa shape index (κ2) is 5.10. The molecule has 0 amide bonds. The zero-order valence-electron chi connectivity index (χ0n) is 11.0. The smallest absolute Gasteiger partial charge is 0.162 e. The van der Waals surface area contributed by atoms with Crippen LogP contribution in [0.25, 0.3) is 0 Å². The predicted octanol–water partition coefficient (Wildman–Crippen LogP) is 3.69. The van der Waals surface area contributed by atoms with E-state index in [-0.39, 0.29) is 5.41 Å². The number of benzene rings is 1. The number of aliphatic hydroxyl groups is 1. The largest absolute Gasteiger partial charge is 0.486 e. The van der Waals surface area contributed by atoms with Crippen LogP contribution in [0, 0.1) is 5.41 Å². The van der Waals surface area contributed by atoms with Crippen molar-refractivity contribution in [3.05, 3.63) is 22.2 Å². The molecule has 0 saturated carbocycles. The Morgan fingerprint density at radius 1 is 1.28 bits per heavy atom. The summed E-state index contributed by atoms with van der Waals surface area (Å²) in [5.41, 5.74) is 0.679. The summed E-state index contributed by atoms with van der Waals surface area (Å²) in [5, 5.41) is 10.5. The molecule has 18 heavy (non-hydrogen) atoms. The summed E-state index contributed by atoms with van der Waals surface area (Å²) in [6.07, 6.45) is 0.363. The first-order chi connectivity index (χ1) is 8.45. The molecule has 0 fully saturated rings. The van der Waals surface area contributed by atoms with E-state index in [9.17, 15) is 5.11 Å². The van der Waals surface area contributed by atoms with E-state index in [1.54, 1.807) is 0 Å². The monoisotopic (exact) mass is 314 g/mol. The molecule has 100 valence electrons. The second-order valence-electron chi connectivity index (χ2n) is 5.26. The highest BCUT2D eigenvalue weighted by molar-refractivity contribution is 9.10. The van der Waals surface area contributed by atoms with Crippen LogP contribution in [0.1, 0.15) is 38.9 Å². The van der Waals surface area contributed by atoms with Gasteiger partial charge < -0.3 is 14.6 Å². The third-order valence-electron chi connectivity index (χ3n) is 3.61. The van der Waals surface area contributed by atoms with Crippen molar-refractivity contribution in [3.8, 4) is 11.5 Å². The van der Waals surface area contributed by atoms with Crippen molar-refractivity contribution >= 4 is 15.9 Å². The van der Waals surface area contributed by atoms with Crippen LogP contribution in [0.15, 0.2) is 16.6 Å². The molecule has 1 aliphatic heterocycles. The highest BCUT2D eigenvalue weighted by atomic mass is 79.9. The van der Waals surface area contributed by atoms with Gasteiger partial charge in [0.05, 0.1) is 6.10 Å². The molecule has 4 heteroatoms. The number of aliphatic hydroxyl groups excluding tert-OH is 1. The van der Waals surface area contributed by atoms with E-state index in [1.165, 1.54) is 0 Å². The van der Waals surface area contributed by atoms with E-state index >= 15 is 0 Å². The molecule has 1 N–H and O–H groups in total. The lowest BCUT2D eigenvalue weighted by atomic mass is 9.80. The molecule has 0 aliphatic carbocycles. The zero-order chi connectivity index (χ0) is 13.3. The van der Waals surface area contributed by atoms with Crippen LogP contribution in [-0.4, -0.2) is 18.3 Å². The fourth-order valence-electron chi connectivity index (χ4n) is 1.90. The van der Waals surface area contributed by atoms with Gasteiger partial charge in [-0.1, -0.05) is 36.7 Å². The van der Waals surface area contributed by atoms with Crippen LogP contribution >= 0.6 is 15.9 Å². The Bertz CT molecular complexity index is 443. The molecule has 1 aromatic rings. The van der Waals surface area contributed by atoms with E-state index in [4.69, 9.17) is 9.47 Å². The lowest BCUT2D eigenvalue weighted by Gasteiger charge is -2.31. The number of halogens is 1.